The van der Waals surface area contributed by atoms with E-state index in [0.29, 0.717) is 12.0 Å². The van der Waals surface area contributed by atoms with Crippen LogP contribution in [-0.4, -0.2) is 12.6 Å². The Morgan fingerprint density at radius 3 is 2.60 bits per heavy atom. The van der Waals surface area contributed by atoms with Gasteiger partial charge in [0.1, 0.15) is 0 Å². The molecule has 1 nitrogen and oxygen atoms in total. The van der Waals surface area contributed by atoms with E-state index in [-0.39, 0.29) is 0 Å². The van der Waals surface area contributed by atoms with E-state index < -0.39 is 0 Å². The van der Waals surface area contributed by atoms with Crippen LogP contribution in [0.25, 0.3) is 0 Å². The van der Waals surface area contributed by atoms with Gasteiger partial charge in [0.25, 0.3) is 0 Å². The molecule has 0 amide bonds. The summed E-state index contributed by atoms with van der Waals surface area (Å²) in [5.41, 5.74) is 4.40. The second-order valence-corrected chi connectivity index (χ2v) is 5.50. The van der Waals surface area contributed by atoms with Gasteiger partial charge in [-0.25, -0.2) is 0 Å². The van der Waals surface area contributed by atoms with Crippen LogP contribution in [0.4, 0.5) is 0 Å². The maximum atomic E-state index is 3.80. The zero-order valence-corrected chi connectivity index (χ0v) is 11.8. The van der Waals surface area contributed by atoms with Gasteiger partial charge in [-0.15, -0.1) is 6.58 Å². The normalized spacial score (nSPS) is 21.2. The minimum atomic E-state index is 0.503. The molecule has 1 N–H and O–H groups in total. The van der Waals surface area contributed by atoms with Crippen molar-refractivity contribution >= 4 is 0 Å². The van der Waals surface area contributed by atoms with Gasteiger partial charge in [0, 0.05) is 18.5 Å². The molecule has 1 aliphatic carbocycles. The van der Waals surface area contributed by atoms with Crippen molar-refractivity contribution in [3.63, 3.8) is 0 Å². The Morgan fingerprint density at radius 1 is 1.05 bits per heavy atom. The standard InChI is InChI=1S/C19H21N/c1-2-12-20-17-13-16-10-6-7-11-18(16)19(14-17)15-8-4-3-5-9-15/h2-11,17,19-20H,1,12-14H2/t17-,19-/m0/s1. The van der Waals surface area contributed by atoms with Gasteiger partial charge >= 0.3 is 0 Å². The first-order chi connectivity index (χ1) is 9.88. The molecule has 3 rings (SSSR count). The molecule has 0 radical (unpaired) electrons. The van der Waals surface area contributed by atoms with E-state index in [9.17, 15) is 0 Å². The predicted octanol–water partition coefficient (Wildman–Crippen LogP) is 3.91. The minimum absolute atomic E-state index is 0.503. The average Bonchev–Trinajstić information content (AvgIpc) is 2.53. The second-order valence-electron chi connectivity index (χ2n) is 5.50. The molecule has 0 saturated heterocycles. The van der Waals surface area contributed by atoms with Crippen molar-refractivity contribution in [1.29, 1.82) is 0 Å². The fourth-order valence-corrected chi connectivity index (χ4v) is 3.23. The topological polar surface area (TPSA) is 12.0 Å². The molecule has 0 bridgehead atoms. The predicted molar refractivity (Wildman–Crippen MR) is 85.0 cm³/mol. The monoisotopic (exact) mass is 263 g/mol. The number of benzene rings is 2. The van der Waals surface area contributed by atoms with Crippen LogP contribution in [0.5, 0.6) is 0 Å². The highest BCUT2D eigenvalue weighted by Gasteiger charge is 2.27. The summed E-state index contributed by atoms with van der Waals surface area (Å²) in [4.78, 5) is 0. The number of fused-ring (bicyclic) bond motifs is 1. The lowest BCUT2D eigenvalue weighted by molar-refractivity contribution is 0.451. The summed E-state index contributed by atoms with van der Waals surface area (Å²) in [6, 6.07) is 20.3. The highest BCUT2D eigenvalue weighted by Crippen LogP contribution is 2.36. The zero-order chi connectivity index (χ0) is 13.8. The van der Waals surface area contributed by atoms with E-state index in [1.165, 1.54) is 16.7 Å². The van der Waals surface area contributed by atoms with Gasteiger partial charge in [-0.3, -0.25) is 0 Å². The van der Waals surface area contributed by atoms with Gasteiger partial charge in [-0.05, 0) is 29.5 Å². The van der Waals surface area contributed by atoms with Crippen LogP contribution >= 0.6 is 0 Å². The van der Waals surface area contributed by atoms with Crippen molar-refractivity contribution in [3.8, 4) is 0 Å². The van der Waals surface area contributed by atoms with Gasteiger partial charge in [0.2, 0.25) is 0 Å². The molecule has 2 aromatic rings. The summed E-state index contributed by atoms with van der Waals surface area (Å²) in [7, 11) is 0. The molecule has 1 heteroatoms. The summed E-state index contributed by atoms with van der Waals surface area (Å²) < 4.78 is 0. The van der Waals surface area contributed by atoms with Gasteiger partial charge in [0.15, 0.2) is 0 Å². The molecule has 2 atom stereocenters. The van der Waals surface area contributed by atoms with Crippen molar-refractivity contribution in [2.75, 3.05) is 6.54 Å². The lowest BCUT2D eigenvalue weighted by atomic mass is 9.77. The van der Waals surface area contributed by atoms with Crippen molar-refractivity contribution in [2.24, 2.45) is 0 Å². The Bertz CT molecular complexity index is 573. The van der Waals surface area contributed by atoms with E-state index in [1.807, 2.05) is 6.08 Å². The molecule has 0 spiro atoms. The first-order valence-corrected chi connectivity index (χ1v) is 7.35. The Labute approximate surface area is 121 Å². The van der Waals surface area contributed by atoms with Crippen molar-refractivity contribution in [1.82, 2.24) is 5.32 Å². The molecule has 2 aromatic carbocycles. The maximum absolute atomic E-state index is 3.80. The van der Waals surface area contributed by atoms with Crippen molar-refractivity contribution < 1.29 is 0 Å². The Morgan fingerprint density at radius 2 is 1.80 bits per heavy atom. The molecular weight excluding hydrogens is 242 g/mol. The Balaban J connectivity index is 1.93. The molecule has 1 aliphatic rings. The van der Waals surface area contributed by atoms with Crippen LogP contribution in [0.2, 0.25) is 0 Å². The molecule has 0 saturated carbocycles. The molecule has 20 heavy (non-hydrogen) atoms. The third kappa shape index (κ3) is 2.68. The van der Waals surface area contributed by atoms with Crippen LogP contribution in [-0.2, 0) is 6.42 Å². The van der Waals surface area contributed by atoms with E-state index >= 15 is 0 Å². The summed E-state index contributed by atoms with van der Waals surface area (Å²) in [6.45, 7) is 4.69. The number of nitrogens with one attached hydrogen (secondary N) is 1. The van der Waals surface area contributed by atoms with Crippen molar-refractivity contribution in [2.45, 2.75) is 24.8 Å². The average molecular weight is 263 g/mol. The molecule has 0 fully saturated rings. The quantitative estimate of drug-likeness (QED) is 0.825. The van der Waals surface area contributed by atoms with Crippen LogP contribution < -0.4 is 5.32 Å². The highest BCUT2D eigenvalue weighted by atomic mass is 14.9. The lowest BCUT2D eigenvalue weighted by Gasteiger charge is -2.32. The Hall–Kier alpha value is -1.86. The number of rotatable bonds is 4. The maximum Gasteiger partial charge on any atom is 0.0135 e. The third-order valence-electron chi connectivity index (χ3n) is 4.17. The van der Waals surface area contributed by atoms with Gasteiger partial charge in [0.05, 0.1) is 0 Å². The third-order valence-corrected chi connectivity index (χ3v) is 4.17. The van der Waals surface area contributed by atoms with Gasteiger partial charge < -0.3 is 5.32 Å². The largest absolute Gasteiger partial charge is 0.310 e. The van der Waals surface area contributed by atoms with E-state index in [0.717, 1.165) is 19.4 Å². The SMILES string of the molecule is C=CCN[C@H]1Cc2ccccc2[C@H](c2ccccc2)C1. The van der Waals surface area contributed by atoms with E-state index in [2.05, 4.69) is 66.5 Å². The van der Waals surface area contributed by atoms with Crippen LogP contribution in [0.3, 0.4) is 0 Å². The number of hydrogen-bond donors (Lipinski definition) is 1. The second kappa shape index (κ2) is 6.06. The molecule has 0 aromatic heterocycles. The molecular formula is C19H21N. The molecule has 0 heterocycles. The molecule has 0 aliphatic heterocycles. The highest BCUT2D eigenvalue weighted by molar-refractivity contribution is 5.40. The van der Waals surface area contributed by atoms with Crippen LogP contribution in [0.15, 0.2) is 67.3 Å². The fraction of sp³-hybridized carbons (Fsp3) is 0.263. The fourth-order valence-electron chi connectivity index (χ4n) is 3.23. The molecule has 0 unspecified atom stereocenters. The van der Waals surface area contributed by atoms with Crippen molar-refractivity contribution in [3.05, 3.63) is 83.9 Å². The smallest absolute Gasteiger partial charge is 0.0135 e. The minimum Gasteiger partial charge on any atom is -0.310 e. The summed E-state index contributed by atoms with van der Waals surface area (Å²) in [5.74, 6) is 0.503. The van der Waals surface area contributed by atoms with Crippen LogP contribution in [0.1, 0.15) is 29.0 Å². The zero-order valence-electron chi connectivity index (χ0n) is 11.8. The Kier molecular flexibility index (Phi) is 3.98. The lowest BCUT2D eigenvalue weighted by Crippen LogP contribution is -2.36. The van der Waals surface area contributed by atoms with Crippen LogP contribution in [0, 0.1) is 0 Å². The van der Waals surface area contributed by atoms with E-state index in [4.69, 9.17) is 0 Å². The number of hydrogen-bond acceptors (Lipinski definition) is 1. The summed E-state index contributed by atoms with van der Waals surface area (Å²) in [5, 5.41) is 3.59. The van der Waals surface area contributed by atoms with E-state index in [1.54, 1.807) is 0 Å². The molecule has 102 valence electrons. The first-order valence-electron chi connectivity index (χ1n) is 7.35. The summed E-state index contributed by atoms with van der Waals surface area (Å²) in [6.07, 6.45) is 4.22. The first kappa shape index (κ1) is 13.1. The summed E-state index contributed by atoms with van der Waals surface area (Å²) >= 11 is 0. The van der Waals surface area contributed by atoms with Gasteiger partial charge in [-0.2, -0.15) is 0 Å². The van der Waals surface area contributed by atoms with Gasteiger partial charge in [-0.1, -0.05) is 60.7 Å².